The number of nitrogens with zero attached hydrogens (tertiary/aromatic N) is 5. The molecule has 7 nitrogen and oxygen atoms in total. The first-order chi connectivity index (χ1) is 9.15. The first-order valence-corrected chi connectivity index (χ1v) is 6.25. The minimum absolute atomic E-state index is 0.0296. The van der Waals surface area contributed by atoms with E-state index in [1.807, 2.05) is 0 Å². The fourth-order valence-corrected chi connectivity index (χ4v) is 2.43. The first kappa shape index (κ1) is 11.9. The second-order valence-electron chi connectivity index (χ2n) is 4.73. The van der Waals surface area contributed by atoms with Gasteiger partial charge in [-0.05, 0) is 12.8 Å². The van der Waals surface area contributed by atoms with Crippen LogP contribution < -0.4 is 0 Å². The lowest BCUT2D eigenvalue weighted by atomic mass is 10.2. The fourth-order valence-electron chi connectivity index (χ4n) is 2.43. The van der Waals surface area contributed by atoms with Gasteiger partial charge in [-0.1, -0.05) is 5.16 Å². The lowest BCUT2D eigenvalue weighted by molar-refractivity contribution is 0.0728. The molecule has 2 aromatic heterocycles. The van der Waals surface area contributed by atoms with E-state index < -0.39 is 0 Å². The predicted octanol–water partition coefficient (Wildman–Crippen LogP) is 1.09. The third-order valence-electron chi connectivity index (χ3n) is 3.31. The van der Waals surface area contributed by atoms with E-state index >= 15 is 0 Å². The standard InChI is InChI=1S/C12H15N5O2/c1-8-14-11(15-19-8)10-4-3-5-17(10)12(18)9-6-13-16(2)7-9/h6-7,10H,3-5H2,1-2H3. The van der Waals surface area contributed by atoms with Gasteiger partial charge in [0.05, 0.1) is 17.8 Å². The Morgan fingerprint density at radius 1 is 1.53 bits per heavy atom. The summed E-state index contributed by atoms with van der Waals surface area (Å²) in [6.45, 7) is 2.46. The van der Waals surface area contributed by atoms with E-state index in [1.165, 1.54) is 0 Å². The Balaban J connectivity index is 1.85. The van der Waals surface area contributed by atoms with Crippen LogP contribution in [0.1, 0.15) is 41.0 Å². The zero-order chi connectivity index (χ0) is 13.4. The van der Waals surface area contributed by atoms with Gasteiger partial charge in [0.15, 0.2) is 5.82 Å². The SMILES string of the molecule is Cc1nc(C2CCCN2C(=O)c2cnn(C)c2)no1. The molecule has 0 bridgehead atoms. The van der Waals surface area contributed by atoms with Gasteiger partial charge in [-0.25, -0.2) is 0 Å². The van der Waals surface area contributed by atoms with Crippen molar-refractivity contribution in [2.45, 2.75) is 25.8 Å². The Hall–Kier alpha value is -2.18. The van der Waals surface area contributed by atoms with Gasteiger partial charge in [-0.3, -0.25) is 9.48 Å². The average molecular weight is 261 g/mol. The van der Waals surface area contributed by atoms with E-state index in [0.717, 1.165) is 12.8 Å². The van der Waals surface area contributed by atoms with Crippen LogP contribution in [0.5, 0.6) is 0 Å². The van der Waals surface area contributed by atoms with E-state index in [9.17, 15) is 4.79 Å². The number of hydrogen-bond donors (Lipinski definition) is 0. The maximum atomic E-state index is 12.4. The molecule has 7 heteroatoms. The average Bonchev–Trinajstić information content (AvgIpc) is 3.07. The summed E-state index contributed by atoms with van der Waals surface area (Å²) in [7, 11) is 1.79. The highest BCUT2D eigenvalue weighted by Crippen LogP contribution is 2.31. The number of likely N-dealkylation sites (tertiary alicyclic amines) is 1. The summed E-state index contributed by atoms with van der Waals surface area (Å²) in [5, 5.41) is 7.96. The van der Waals surface area contributed by atoms with Gasteiger partial charge in [0, 0.05) is 26.7 Å². The molecular weight excluding hydrogens is 246 g/mol. The molecule has 100 valence electrons. The molecule has 0 saturated carbocycles. The summed E-state index contributed by atoms with van der Waals surface area (Å²) in [4.78, 5) is 18.5. The van der Waals surface area contributed by atoms with Crippen LogP contribution in [0.2, 0.25) is 0 Å². The van der Waals surface area contributed by atoms with Crippen molar-refractivity contribution in [3.8, 4) is 0 Å². The van der Waals surface area contributed by atoms with Gasteiger partial charge in [0.25, 0.3) is 5.91 Å². The van der Waals surface area contributed by atoms with Crippen LogP contribution in [0, 0.1) is 6.92 Å². The predicted molar refractivity (Wildman–Crippen MR) is 65.3 cm³/mol. The molecule has 1 amide bonds. The van der Waals surface area contributed by atoms with Gasteiger partial charge in [0.1, 0.15) is 0 Å². The summed E-state index contributed by atoms with van der Waals surface area (Å²) in [5.74, 6) is 1.08. The molecule has 0 radical (unpaired) electrons. The minimum atomic E-state index is -0.0924. The van der Waals surface area contributed by atoms with E-state index in [1.54, 1.807) is 35.9 Å². The van der Waals surface area contributed by atoms with Crippen molar-refractivity contribution in [2.24, 2.45) is 7.05 Å². The number of carbonyl (C=O) groups excluding carboxylic acids is 1. The molecule has 1 atom stereocenters. The van der Waals surface area contributed by atoms with Crippen LogP contribution in [-0.4, -0.2) is 37.3 Å². The third-order valence-corrected chi connectivity index (χ3v) is 3.31. The zero-order valence-corrected chi connectivity index (χ0v) is 10.9. The van der Waals surface area contributed by atoms with E-state index in [4.69, 9.17) is 4.52 Å². The topological polar surface area (TPSA) is 77.1 Å². The van der Waals surface area contributed by atoms with Crippen LogP contribution >= 0.6 is 0 Å². The Labute approximate surface area is 110 Å². The van der Waals surface area contributed by atoms with Crippen LogP contribution in [-0.2, 0) is 7.05 Å². The molecule has 2 aromatic rings. The number of aromatic nitrogens is 4. The molecule has 1 fully saturated rings. The van der Waals surface area contributed by atoms with Gasteiger partial charge >= 0.3 is 0 Å². The van der Waals surface area contributed by atoms with Crippen molar-refractivity contribution in [1.29, 1.82) is 0 Å². The van der Waals surface area contributed by atoms with Gasteiger partial charge in [-0.2, -0.15) is 10.1 Å². The van der Waals surface area contributed by atoms with Crippen LogP contribution in [0.3, 0.4) is 0 Å². The number of hydrogen-bond acceptors (Lipinski definition) is 5. The van der Waals surface area contributed by atoms with Crippen LogP contribution in [0.15, 0.2) is 16.9 Å². The van der Waals surface area contributed by atoms with E-state index in [-0.39, 0.29) is 11.9 Å². The van der Waals surface area contributed by atoms with Crippen molar-refractivity contribution < 1.29 is 9.32 Å². The van der Waals surface area contributed by atoms with Crippen molar-refractivity contribution in [2.75, 3.05) is 6.54 Å². The fraction of sp³-hybridized carbons (Fsp3) is 0.500. The lowest BCUT2D eigenvalue weighted by Crippen LogP contribution is -2.30. The van der Waals surface area contributed by atoms with Crippen molar-refractivity contribution in [1.82, 2.24) is 24.8 Å². The van der Waals surface area contributed by atoms with Crippen molar-refractivity contribution in [3.05, 3.63) is 29.7 Å². The van der Waals surface area contributed by atoms with Crippen LogP contribution in [0.4, 0.5) is 0 Å². The van der Waals surface area contributed by atoms with Gasteiger partial charge in [0.2, 0.25) is 5.89 Å². The Morgan fingerprint density at radius 2 is 2.37 bits per heavy atom. The maximum absolute atomic E-state index is 12.4. The minimum Gasteiger partial charge on any atom is -0.340 e. The molecule has 1 unspecified atom stereocenters. The van der Waals surface area contributed by atoms with Crippen molar-refractivity contribution in [3.63, 3.8) is 0 Å². The van der Waals surface area contributed by atoms with E-state index in [0.29, 0.717) is 23.8 Å². The summed E-state index contributed by atoms with van der Waals surface area (Å²) in [5.41, 5.74) is 0.592. The highest BCUT2D eigenvalue weighted by molar-refractivity contribution is 5.94. The zero-order valence-electron chi connectivity index (χ0n) is 10.9. The molecule has 0 N–H and O–H groups in total. The summed E-state index contributed by atoms with van der Waals surface area (Å²) < 4.78 is 6.62. The number of carbonyl (C=O) groups is 1. The number of aryl methyl sites for hydroxylation is 2. The summed E-state index contributed by atoms with van der Waals surface area (Å²) in [6.07, 6.45) is 5.12. The second-order valence-corrected chi connectivity index (χ2v) is 4.73. The van der Waals surface area contributed by atoms with Gasteiger partial charge in [-0.15, -0.1) is 0 Å². The molecule has 1 saturated heterocycles. The largest absolute Gasteiger partial charge is 0.340 e. The third kappa shape index (κ3) is 2.11. The molecule has 1 aliphatic rings. The molecular formula is C12H15N5O2. The monoisotopic (exact) mass is 261 g/mol. The Morgan fingerprint density at radius 3 is 3.00 bits per heavy atom. The molecule has 1 aliphatic heterocycles. The summed E-state index contributed by atoms with van der Waals surface area (Å²) in [6, 6.07) is -0.0924. The highest BCUT2D eigenvalue weighted by Gasteiger charge is 2.34. The Bertz CT molecular complexity index is 603. The summed E-state index contributed by atoms with van der Waals surface area (Å²) >= 11 is 0. The molecule has 0 aliphatic carbocycles. The highest BCUT2D eigenvalue weighted by atomic mass is 16.5. The van der Waals surface area contributed by atoms with Crippen molar-refractivity contribution >= 4 is 5.91 Å². The molecule has 0 spiro atoms. The second kappa shape index (κ2) is 4.49. The molecule has 3 heterocycles. The van der Waals surface area contributed by atoms with Gasteiger partial charge < -0.3 is 9.42 Å². The first-order valence-electron chi connectivity index (χ1n) is 6.25. The lowest BCUT2D eigenvalue weighted by Gasteiger charge is -2.21. The molecule has 3 rings (SSSR count). The van der Waals surface area contributed by atoms with E-state index in [2.05, 4.69) is 15.2 Å². The smallest absolute Gasteiger partial charge is 0.257 e. The molecule has 19 heavy (non-hydrogen) atoms. The normalized spacial score (nSPS) is 19.1. The number of amides is 1. The number of rotatable bonds is 2. The quantitative estimate of drug-likeness (QED) is 0.808. The van der Waals surface area contributed by atoms with Crippen LogP contribution in [0.25, 0.3) is 0 Å². The Kier molecular flexibility index (Phi) is 2.81. The maximum Gasteiger partial charge on any atom is 0.257 e. The molecule has 0 aromatic carbocycles.